The molecular weight excluding hydrogens is 642 g/mol. The third kappa shape index (κ3) is 7.62. The monoisotopic (exact) mass is 677 g/mol. The Kier molecular flexibility index (Phi) is 10.9. The average molecular weight is 678 g/mol. The van der Waals surface area contributed by atoms with Gasteiger partial charge in [-0.15, -0.1) is 0 Å². The minimum absolute atomic E-state index is 0.0750. The van der Waals surface area contributed by atoms with Crippen LogP contribution in [0.3, 0.4) is 0 Å². The van der Waals surface area contributed by atoms with E-state index in [2.05, 4.69) is 5.32 Å². The van der Waals surface area contributed by atoms with Crippen LogP contribution in [-0.4, -0.2) is 117 Å². The van der Waals surface area contributed by atoms with Crippen LogP contribution in [0.4, 0.5) is 0 Å². The second-order valence-corrected chi connectivity index (χ2v) is 11.9. The Morgan fingerprint density at radius 3 is 2.38 bits per heavy atom. The summed E-state index contributed by atoms with van der Waals surface area (Å²) in [7, 11) is 0. The van der Waals surface area contributed by atoms with E-state index in [1.54, 1.807) is 25.1 Å². The third-order valence-corrected chi connectivity index (χ3v) is 8.45. The van der Waals surface area contributed by atoms with Crippen molar-refractivity contribution < 1.29 is 63.9 Å². The molecule has 3 aliphatic rings. The molecule has 0 radical (unpaired) electrons. The zero-order valence-corrected chi connectivity index (χ0v) is 26.1. The fraction of sp³-hybridized carbons (Fsp3) is 0.438. The maximum atomic E-state index is 12.9. The number of fused-ring (bicyclic) bond motifs is 1. The lowest BCUT2D eigenvalue weighted by atomic mass is 9.83. The zero-order chi connectivity index (χ0) is 34.0. The van der Waals surface area contributed by atoms with Crippen LogP contribution in [-0.2, 0) is 23.7 Å². The van der Waals surface area contributed by atoms with Gasteiger partial charge in [-0.1, -0.05) is 23.7 Å². The van der Waals surface area contributed by atoms with Gasteiger partial charge in [0, 0.05) is 10.6 Å². The molecular formula is C32H36ClNO13. The molecule has 10 atom stereocenters. The maximum absolute atomic E-state index is 12.9. The molecule has 254 valence electrons. The molecule has 14 nitrogen and oxygen atoms in total. The number of ether oxygens (including phenoxy) is 5. The van der Waals surface area contributed by atoms with Gasteiger partial charge >= 0.3 is 5.97 Å². The number of benzene rings is 2. The topological polar surface area (TPSA) is 214 Å². The van der Waals surface area contributed by atoms with Gasteiger partial charge in [-0.25, -0.2) is 4.79 Å². The number of rotatable bonds is 9. The van der Waals surface area contributed by atoms with Crippen molar-refractivity contribution in [3.63, 3.8) is 0 Å². The number of aliphatic hydroxyl groups is 5. The summed E-state index contributed by atoms with van der Waals surface area (Å²) in [5.74, 6) is -1.67. The van der Waals surface area contributed by atoms with Gasteiger partial charge in [0.2, 0.25) is 12.2 Å². The Hall–Kier alpha value is -3.57. The Morgan fingerprint density at radius 1 is 0.957 bits per heavy atom. The Labute approximate surface area is 274 Å². The number of hydrogen-bond donors (Lipinski definition) is 7. The lowest BCUT2D eigenvalue weighted by Crippen LogP contribution is -2.67. The van der Waals surface area contributed by atoms with Gasteiger partial charge in [-0.3, -0.25) is 4.79 Å². The van der Waals surface area contributed by atoms with Crippen LogP contribution in [0.1, 0.15) is 29.8 Å². The summed E-state index contributed by atoms with van der Waals surface area (Å²) in [6.45, 7) is 2.81. The average Bonchev–Trinajstić information content (AvgIpc) is 3.64. The maximum Gasteiger partial charge on any atom is 0.338 e. The van der Waals surface area contributed by atoms with Gasteiger partial charge in [0.1, 0.15) is 62.2 Å². The van der Waals surface area contributed by atoms with Gasteiger partial charge in [0.25, 0.3) is 0 Å². The number of carbonyl (C=O) groups is 2. The van der Waals surface area contributed by atoms with Crippen LogP contribution < -0.4 is 10.1 Å². The minimum Gasteiger partial charge on any atom is -0.504 e. The summed E-state index contributed by atoms with van der Waals surface area (Å²) < 4.78 is 27.1. The molecule has 2 aliphatic heterocycles. The molecule has 0 aromatic heterocycles. The highest BCUT2D eigenvalue weighted by molar-refractivity contribution is 6.30. The van der Waals surface area contributed by atoms with Crippen LogP contribution in [0.2, 0.25) is 5.02 Å². The lowest BCUT2D eigenvalue weighted by molar-refractivity contribution is -0.155. The predicted octanol–water partition coefficient (Wildman–Crippen LogP) is 0.400. The number of aromatic hydroxyl groups is 1. The van der Waals surface area contributed by atoms with Crippen LogP contribution in [0.25, 0.3) is 6.08 Å². The van der Waals surface area contributed by atoms with Crippen molar-refractivity contribution in [3.8, 4) is 11.5 Å². The molecule has 5 rings (SSSR count). The number of phenolic OH excluding ortho intramolecular Hbond substituents is 1. The van der Waals surface area contributed by atoms with Crippen molar-refractivity contribution in [1.82, 2.24) is 5.32 Å². The number of hydrogen-bond acceptors (Lipinski definition) is 13. The fourth-order valence-corrected chi connectivity index (χ4v) is 5.76. The van der Waals surface area contributed by atoms with Gasteiger partial charge in [0.05, 0.1) is 11.6 Å². The van der Waals surface area contributed by atoms with Crippen molar-refractivity contribution in [1.29, 1.82) is 0 Å². The first kappa shape index (κ1) is 34.8. The molecule has 0 spiro atoms. The number of esters is 1. The number of phenols is 1. The van der Waals surface area contributed by atoms with Crippen LogP contribution in [0.5, 0.6) is 11.5 Å². The molecule has 0 bridgehead atoms. The first-order valence-electron chi connectivity index (χ1n) is 14.7. The van der Waals surface area contributed by atoms with Gasteiger partial charge in [-0.05, 0) is 67.5 Å². The molecule has 3 fully saturated rings. The van der Waals surface area contributed by atoms with Gasteiger partial charge in [0.15, 0.2) is 11.5 Å². The van der Waals surface area contributed by atoms with E-state index in [1.807, 2.05) is 0 Å². The van der Waals surface area contributed by atoms with E-state index in [4.69, 9.17) is 35.3 Å². The van der Waals surface area contributed by atoms with Gasteiger partial charge in [-0.2, -0.15) is 0 Å². The minimum atomic E-state index is -1.51. The molecule has 1 amide bonds. The molecule has 2 aromatic carbocycles. The molecule has 2 aromatic rings. The van der Waals surface area contributed by atoms with E-state index >= 15 is 0 Å². The van der Waals surface area contributed by atoms with Crippen molar-refractivity contribution in [3.05, 3.63) is 75.8 Å². The van der Waals surface area contributed by atoms with Gasteiger partial charge < -0.3 is 59.6 Å². The number of carbonyl (C=O) groups excluding carboxylic acids is 2. The van der Waals surface area contributed by atoms with E-state index in [0.717, 1.165) is 0 Å². The Morgan fingerprint density at radius 2 is 1.68 bits per heavy atom. The SMILES string of the molecule is C/C(=C\c1ccc(O[C@H]2O[C@@H](/C(C)=C/COC(=O)c3cccc(Cl)c3)[C@@H](O)[C@@H]2O)c(O)c1)C(=O)N[C@@H]1[C@H](O)[C@@H](O)[C@H]2OCO[C@H]2[C@@H]1O. The lowest BCUT2D eigenvalue weighted by Gasteiger charge is -2.41. The Bertz CT molecular complexity index is 1530. The molecule has 0 unspecified atom stereocenters. The highest BCUT2D eigenvalue weighted by Gasteiger charge is 2.53. The highest BCUT2D eigenvalue weighted by atomic mass is 35.5. The van der Waals surface area contributed by atoms with Crippen molar-refractivity contribution >= 4 is 29.6 Å². The summed E-state index contributed by atoms with van der Waals surface area (Å²) in [5, 5.41) is 66.0. The third-order valence-electron chi connectivity index (χ3n) is 8.22. The van der Waals surface area contributed by atoms with E-state index in [1.165, 1.54) is 43.3 Å². The summed E-state index contributed by atoms with van der Waals surface area (Å²) in [4.78, 5) is 25.1. The molecule has 15 heteroatoms. The van der Waals surface area contributed by atoms with Crippen molar-refractivity contribution in [2.75, 3.05) is 13.4 Å². The predicted molar refractivity (Wildman–Crippen MR) is 163 cm³/mol. The normalized spacial score (nSPS) is 32.5. The number of halogens is 1. The summed E-state index contributed by atoms with van der Waals surface area (Å²) >= 11 is 5.90. The fourth-order valence-electron chi connectivity index (χ4n) is 5.57. The molecule has 7 N–H and O–H groups in total. The van der Waals surface area contributed by atoms with Crippen molar-refractivity contribution in [2.45, 2.75) is 75.0 Å². The number of aliphatic hydroxyl groups excluding tert-OH is 5. The van der Waals surface area contributed by atoms with Crippen LogP contribution >= 0.6 is 11.6 Å². The first-order chi connectivity index (χ1) is 22.3. The standard InChI is InChI=1S/C32H36ClNO13/c1-14(8-9-43-31(42)17-4-3-5-18(33)12-17)27-25(39)26(40)32(47-27)46-20-7-6-16(11-19(20)35)10-15(2)30(41)34-21-22(36)24(38)29-28(23(21)37)44-13-45-29/h3-8,10-12,21-29,32,35-40H,9,13H2,1-2H3,(H,34,41)/b14-8+,15-10+/t21-,22+,23-,24-,25+,26+,27+,28+,29-,32+/m1/s1. The molecule has 1 aliphatic carbocycles. The van der Waals surface area contributed by atoms with Crippen LogP contribution in [0.15, 0.2) is 59.7 Å². The number of nitrogens with one attached hydrogen (secondary N) is 1. The van der Waals surface area contributed by atoms with Crippen LogP contribution in [0, 0.1) is 0 Å². The summed E-state index contributed by atoms with van der Waals surface area (Å²) in [6.07, 6.45) is -8.32. The molecule has 2 saturated heterocycles. The molecule has 47 heavy (non-hydrogen) atoms. The van der Waals surface area contributed by atoms with E-state index < -0.39 is 73.0 Å². The first-order valence-corrected chi connectivity index (χ1v) is 15.1. The largest absolute Gasteiger partial charge is 0.504 e. The molecule has 1 saturated carbocycles. The van der Waals surface area contributed by atoms with E-state index in [-0.39, 0.29) is 36.0 Å². The quantitative estimate of drug-likeness (QED) is 0.109. The van der Waals surface area contributed by atoms with E-state index in [9.17, 15) is 40.2 Å². The molecule has 2 heterocycles. The second-order valence-electron chi connectivity index (χ2n) is 11.5. The summed E-state index contributed by atoms with van der Waals surface area (Å²) in [5.41, 5.74) is 1.28. The smallest absolute Gasteiger partial charge is 0.338 e. The number of amides is 1. The van der Waals surface area contributed by atoms with E-state index in [0.29, 0.717) is 16.2 Å². The highest BCUT2D eigenvalue weighted by Crippen LogP contribution is 2.34. The van der Waals surface area contributed by atoms with Crippen molar-refractivity contribution in [2.24, 2.45) is 0 Å². The Balaban J connectivity index is 1.17. The second kappa shape index (κ2) is 14.7. The summed E-state index contributed by atoms with van der Waals surface area (Å²) in [6, 6.07) is 9.23. The zero-order valence-electron chi connectivity index (χ0n) is 25.3.